The zero-order valence-electron chi connectivity index (χ0n) is 11.0. The topological polar surface area (TPSA) is 84.2 Å². The van der Waals surface area contributed by atoms with Gasteiger partial charge in [-0.2, -0.15) is 0 Å². The number of carbonyl (C=O) groups is 2. The number of fused-ring (bicyclic) bond motifs is 1. The molecule has 0 bridgehead atoms. The quantitative estimate of drug-likeness (QED) is 0.742. The van der Waals surface area contributed by atoms with Crippen LogP contribution in [-0.2, 0) is 16.0 Å². The standard InChI is InChI=1S/C14H19N3O2/c1-9(16-13(18)3-2-6-15)10-4-5-12-11(7-10)8-14(19)17-12/h4-5,7,9H,2-3,6,8,15H2,1H3,(H,16,18)(H,17,19). The molecular weight excluding hydrogens is 242 g/mol. The number of nitrogens with two attached hydrogens (primary N) is 1. The molecule has 102 valence electrons. The number of nitrogens with one attached hydrogen (secondary N) is 2. The van der Waals surface area contributed by atoms with Gasteiger partial charge in [-0.25, -0.2) is 0 Å². The molecule has 0 fully saturated rings. The summed E-state index contributed by atoms with van der Waals surface area (Å²) in [5, 5.41) is 5.73. The van der Waals surface area contributed by atoms with Crippen LogP contribution >= 0.6 is 0 Å². The second-order valence-corrected chi connectivity index (χ2v) is 4.82. The van der Waals surface area contributed by atoms with Crippen molar-refractivity contribution in [2.45, 2.75) is 32.2 Å². The number of rotatable bonds is 5. The molecule has 0 saturated carbocycles. The zero-order valence-corrected chi connectivity index (χ0v) is 11.0. The van der Waals surface area contributed by atoms with Crippen molar-refractivity contribution >= 4 is 17.5 Å². The molecule has 1 aliphatic rings. The molecule has 0 aliphatic carbocycles. The van der Waals surface area contributed by atoms with E-state index in [2.05, 4.69) is 10.6 Å². The Hall–Kier alpha value is -1.88. The van der Waals surface area contributed by atoms with Crippen LogP contribution in [0.2, 0.25) is 0 Å². The molecule has 1 atom stereocenters. The number of hydrogen-bond donors (Lipinski definition) is 3. The number of hydrogen-bond acceptors (Lipinski definition) is 3. The fourth-order valence-electron chi connectivity index (χ4n) is 2.18. The Balaban J connectivity index is 2.00. The van der Waals surface area contributed by atoms with E-state index in [1.54, 1.807) is 0 Å². The van der Waals surface area contributed by atoms with Crippen LogP contribution in [0.4, 0.5) is 5.69 Å². The summed E-state index contributed by atoms with van der Waals surface area (Å²) in [5.74, 6) is 0.0273. The molecule has 0 spiro atoms. The number of carbonyl (C=O) groups excluding carboxylic acids is 2. The van der Waals surface area contributed by atoms with Crippen LogP contribution < -0.4 is 16.4 Å². The third-order valence-corrected chi connectivity index (χ3v) is 3.24. The average molecular weight is 261 g/mol. The predicted molar refractivity (Wildman–Crippen MR) is 73.6 cm³/mol. The summed E-state index contributed by atoms with van der Waals surface area (Å²) < 4.78 is 0. The van der Waals surface area contributed by atoms with E-state index in [4.69, 9.17) is 5.73 Å². The first-order valence-corrected chi connectivity index (χ1v) is 6.52. The Bertz CT molecular complexity index is 499. The summed E-state index contributed by atoms with van der Waals surface area (Å²) >= 11 is 0. The molecule has 1 heterocycles. The van der Waals surface area contributed by atoms with Crippen molar-refractivity contribution in [1.29, 1.82) is 0 Å². The molecule has 1 aromatic rings. The highest BCUT2D eigenvalue weighted by molar-refractivity contribution is 5.99. The lowest BCUT2D eigenvalue weighted by atomic mass is 10.0. The van der Waals surface area contributed by atoms with E-state index in [-0.39, 0.29) is 17.9 Å². The Labute approximate surface area is 112 Å². The summed E-state index contributed by atoms with van der Waals surface area (Å²) in [7, 11) is 0. The van der Waals surface area contributed by atoms with Crippen molar-refractivity contribution < 1.29 is 9.59 Å². The molecule has 1 unspecified atom stereocenters. The van der Waals surface area contributed by atoms with Crippen LogP contribution in [0.15, 0.2) is 18.2 Å². The summed E-state index contributed by atoms with van der Waals surface area (Å²) in [6.45, 7) is 2.46. The van der Waals surface area contributed by atoms with Gasteiger partial charge in [-0.1, -0.05) is 12.1 Å². The lowest BCUT2D eigenvalue weighted by Crippen LogP contribution is -2.26. The molecule has 0 aromatic heterocycles. The first kappa shape index (κ1) is 13.5. The van der Waals surface area contributed by atoms with E-state index < -0.39 is 0 Å². The molecule has 2 rings (SSSR count). The van der Waals surface area contributed by atoms with E-state index in [1.165, 1.54) is 0 Å². The minimum atomic E-state index is -0.0636. The Morgan fingerprint density at radius 3 is 3.05 bits per heavy atom. The van der Waals surface area contributed by atoms with Crippen molar-refractivity contribution in [3.05, 3.63) is 29.3 Å². The summed E-state index contributed by atoms with van der Waals surface area (Å²) in [5.41, 5.74) is 8.25. The van der Waals surface area contributed by atoms with Crippen LogP contribution in [0.3, 0.4) is 0 Å². The van der Waals surface area contributed by atoms with Gasteiger partial charge in [0.05, 0.1) is 12.5 Å². The van der Waals surface area contributed by atoms with Gasteiger partial charge in [0.2, 0.25) is 11.8 Å². The minimum Gasteiger partial charge on any atom is -0.350 e. The van der Waals surface area contributed by atoms with Gasteiger partial charge in [0, 0.05) is 12.1 Å². The van der Waals surface area contributed by atoms with E-state index in [1.807, 2.05) is 25.1 Å². The number of anilines is 1. The Morgan fingerprint density at radius 2 is 2.32 bits per heavy atom. The maximum Gasteiger partial charge on any atom is 0.228 e. The Kier molecular flexibility index (Phi) is 4.16. The van der Waals surface area contributed by atoms with Crippen LogP contribution in [0.1, 0.15) is 36.9 Å². The first-order chi connectivity index (χ1) is 9.10. The van der Waals surface area contributed by atoms with Gasteiger partial charge in [0.25, 0.3) is 0 Å². The van der Waals surface area contributed by atoms with E-state index in [0.717, 1.165) is 16.8 Å². The van der Waals surface area contributed by atoms with Gasteiger partial charge in [-0.3, -0.25) is 9.59 Å². The highest BCUT2D eigenvalue weighted by atomic mass is 16.2. The van der Waals surface area contributed by atoms with E-state index in [9.17, 15) is 9.59 Å². The molecule has 19 heavy (non-hydrogen) atoms. The molecule has 4 N–H and O–H groups in total. The van der Waals surface area contributed by atoms with Crippen molar-refractivity contribution in [3.8, 4) is 0 Å². The Morgan fingerprint density at radius 1 is 1.53 bits per heavy atom. The first-order valence-electron chi connectivity index (χ1n) is 6.52. The highest BCUT2D eigenvalue weighted by Gasteiger charge is 2.19. The summed E-state index contributed by atoms with van der Waals surface area (Å²) in [6.07, 6.45) is 1.56. The molecule has 5 heteroatoms. The second kappa shape index (κ2) is 5.84. The normalized spacial score (nSPS) is 14.7. The van der Waals surface area contributed by atoms with Crippen molar-refractivity contribution in [2.75, 3.05) is 11.9 Å². The molecule has 2 amide bonds. The SMILES string of the molecule is CC(NC(=O)CCCN)c1ccc2c(c1)CC(=O)N2. The predicted octanol–water partition coefficient (Wildman–Crippen LogP) is 1.10. The number of benzene rings is 1. The van der Waals surface area contributed by atoms with Gasteiger partial charge >= 0.3 is 0 Å². The highest BCUT2D eigenvalue weighted by Crippen LogP contribution is 2.26. The van der Waals surface area contributed by atoms with Gasteiger partial charge in [-0.15, -0.1) is 0 Å². The zero-order chi connectivity index (χ0) is 13.8. The lowest BCUT2D eigenvalue weighted by molar-refractivity contribution is -0.121. The van der Waals surface area contributed by atoms with Crippen LogP contribution in [0.25, 0.3) is 0 Å². The van der Waals surface area contributed by atoms with Crippen molar-refractivity contribution in [1.82, 2.24) is 5.32 Å². The largest absolute Gasteiger partial charge is 0.350 e. The fraction of sp³-hybridized carbons (Fsp3) is 0.429. The number of amides is 2. The van der Waals surface area contributed by atoms with Gasteiger partial charge in [0.15, 0.2) is 0 Å². The molecule has 0 radical (unpaired) electrons. The molecule has 5 nitrogen and oxygen atoms in total. The second-order valence-electron chi connectivity index (χ2n) is 4.82. The third-order valence-electron chi connectivity index (χ3n) is 3.24. The molecule has 1 aromatic carbocycles. The van der Waals surface area contributed by atoms with Crippen LogP contribution in [0.5, 0.6) is 0 Å². The monoisotopic (exact) mass is 261 g/mol. The maximum absolute atomic E-state index is 11.6. The van der Waals surface area contributed by atoms with Gasteiger partial charge in [-0.05, 0) is 37.1 Å². The lowest BCUT2D eigenvalue weighted by Gasteiger charge is -2.15. The van der Waals surface area contributed by atoms with Crippen molar-refractivity contribution in [3.63, 3.8) is 0 Å². The van der Waals surface area contributed by atoms with Crippen LogP contribution in [-0.4, -0.2) is 18.4 Å². The van der Waals surface area contributed by atoms with Gasteiger partial charge in [0.1, 0.15) is 0 Å². The van der Waals surface area contributed by atoms with Gasteiger partial charge < -0.3 is 16.4 Å². The van der Waals surface area contributed by atoms with E-state index in [0.29, 0.717) is 25.8 Å². The maximum atomic E-state index is 11.6. The molecular formula is C14H19N3O2. The third kappa shape index (κ3) is 3.32. The fourth-order valence-corrected chi connectivity index (χ4v) is 2.18. The average Bonchev–Trinajstić information content (AvgIpc) is 2.75. The summed E-state index contributed by atoms with van der Waals surface area (Å²) in [6, 6.07) is 5.73. The summed E-state index contributed by atoms with van der Waals surface area (Å²) in [4.78, 5) is 22.9. The minimum absolute atomic E-state index is 0.00708. The molecule has 0 saturated heterocycles. The van der Waals surface area contributed by atoms with Crippen LogP contribution in [0, 0.1) is 0 Å². The smallest absolute Gasteiger partial charge is 0.228 e. The van der Waals surface area contributed by atoms with E-state index >= 15 is 0 Å². The molecule has 1 aliphatic heterocycles. The van der Waals surface area contributed by atoms with Crippen molar-refractivity contribution in [2.24, 2.45) is 5.73 Å².